The molecular weight excluding hydrogens is 434 g/mol. The predicted octanol–water partition coefficient (Wildman–Crippen LogP) is 4.32. The van der Waals surface area contributed by atoms with Crippen molar-refractivity contribution < 1.29 is 23.8 Å². The van der Waals surface area contributed by atoms with Crippen molar-refractivity contribution in [3.63, 3.8) is 0 Å². The Balaban J connectivity index is 1.73. The number of carboxylic acids is 1. The summed E-state index contributed by atoms with van der Waals surface area (Å²) < 4.78 is 11.7. The zero-order chi connectivity index (χ0) is 23.8. The van der Waals surface area contributed by atoms with E-state index in [-0.39, 0.29) is 11.3 Å². The molecule has 34 heavy (non-hydrogen) atoms. The fourth-order valence-corrected chi connectivity index (χ4v) is 4.59. The van der Waals surface area contributed by atoms with Crippen molar-refractivity contribution in [1.29, 1.82) is 0 Å². The number of pyridine rings is 1. The van der Waals surface area contributed by atoms with Crippen molar-refractivity contribution in [2.75, 3.05) is 18.6 Å². The van der Waals surface area contributed by atoms with Crippen molar-refractivity contribution >= 4 is 28.7 Å². The SMILES string of the molecule is COc1cc(N2CCC[C@H]2C(=O)O)c(-c2cc3nccc(-c4ccccc4)c3o2)cc1C(N)=O. The number of aliphatic carboxylic acids is 1. The van der Waals surface area contributed by atoms with Gasteiger partial charge in [0.15, 0.2) is 5.58 Å². The molecule has 0 bridgehead atoms. The van der Waals surface area contributed by atoms with E-state index in [0.29, 0.717) is 41.1 Å². The maximum atomic E-state index is 12.2. The summed E-state index contributed by atoms with van der Waals surface area (Å²) in [4.78, 5) is 30.4. The summed E-state index contributed by atoms with van der Waals surface area (Å²) in [5.41, 5.74) is 10.1. The maximum absolute atomic E-state index is 12.2. The van der Waals surface area contributed by atoms with Crippen LogP contribution in [0.25, 0.3) is 33.6 Å². The molecule has 3 heterocycles. The molecule has 1 saturated heterocycles. The van der Waals surface area contributed by atoms with Gasteiger partial charge in [-0.05, 0) is 30.5 Å². The molecule has 1 atom stereocenters. The number of nitrogens with two attached hydrogens (primary N) is 1. The van der Waals surface area contributed by atoms with Gasteiger partial charge in [0.05, 0.1) is 18.4 Å². The summed E-state index contributed by atoms with van der Waals surface area (Å²) in [6, 6.07) is 16.1. The molecule has 8 heteroatoms. The molecule has 1 fully saturated rings. The van der Waals surface area contributed by atoms with Crippen LogP contribution in [0.1, 0.15) is 23.2 Å². The minimum atomic E-state index is -0.904. The first-order chi connectivity index (χ1) is 16.5. The van der Waals surface area contributed by atoms with Gasteiger partial charge in [-0.15, -0.1) is 0 Å². The quantitative estimate of drug-likeness (QED) is 0.442. The molecule has 2 aromatic carbocycles. The summed E-state index contributed by atoms with van der Waals surface area (Å²) in [7, 11) is 1.45. The van der Waals surface area contributed by atoms with Gasteiger partial charge in [-0.3, -0.25) is 9.78 Å². The molecule has 8 nitrogen and oxygen atoms in total. The molecule has 4 aromatic rings. The second-order valence-corrected chi connectivity index (χ2v) is 8.17. The highest BCUT2D eigenvalue weighted by molar-refractivity contribution is 6.00. The van der Waals surface area contributed by atoms with Crippen LogP contribution in [0, 0.1) is 0 Å². The Morgan fingerprint density at radius 2 is 1.94 bits per heavy atom. The molecule has 0 unspecified atom stereocenters. The van der Waals surface area contributed by atoms with E-state index in [1.807, 2.05) is 41.3 Å². The first-order valence-electron chi connectivity index (χ1n) is 10.9. The Kier molecular flexibility index (Phi) is 5.41. The number of aromatic nitrogens is 1. The van der Waals surface area contributed by atoms with Gasteiger partial charge in [0.1, 0.15) is 23.1 Å². The van der Waals surface area contributed by atoms with Crippen LogP contribution in [-0.2, 0) is 4.79 Å². The van der Waals surface area contributed by atoms with E-state index in [1.165, 1.54) is 7.11 Å². The predicted molar refractivity (Wildman–Crippen MR) is 128 cm³/mol. The standard InChI is InChI=1S/C26H23N3O5/c1-33-22-14-21(29-11-5-8-20(29)26(31)32)17(12-18(22)25(27)30)23-13-19-24(34-23)16(9-10-28-19)15-6-3-2-4-7-15/h2-4,6-7,9-10,12-14,20H,5,8,11H2,1H3,(H2,27,30)(H,31,32)/t20-/m0/s1. The lowest BCUT2D eigenvalue weighted by molar-refractivity contribution is -0.138. The number of carbonyl (C=O) groups is 2. The average Bonchev–Trinajstić information content (AvgIpc) is 3.51. The van der Waals surface area contributed by atoms with Gasteiger partial charge >= 0.3 is 5.97 Å². The Hall–Kier alpha value is -4.33. The number of anilines is 1. The van der Waals surface area contributed by atoms with E-state index in [9.17, 15) is 14.7 Å². The van der Waals surface area contributed by atoms with Gasteiger partial charge in [0, 0.05) is 36.0 Å². The zero-order valence-corrected chi connectivity index (χ0v) is 18.5. The number of carbonyl (C=O) groups excluding carboxylic acids is 1. The highest BCUT2D eigenvalue weighted by atomic mass is 16.5. The van der Waals surface area contributed by atoms with Crippen LogP contribution < -0.4 is 15.4 Å². The Labute approximate surface area is 195 Å². The van der Waals surface area contributed by atoms with Crippen molar-refractivity contribution in [3.8, 4) is 28.2 Å². The first kappa shape index (κ1) is 21.5. The third-order valence-electron chi connectivity index (χ3n) is 6.19. The number of carboxylic acid groups (broad SMARTS) is 1. The van der Waals surface area contributed by atoms with Crippen LogP contribution in [0.3, 0.4) is 0 Å². The number of primary amides is 1. The van der Waals surface area contributed by atoms with Crippen LogP contribution in [-0.4, -0.2) is 41.7 Å². The molecule has 1 amide bonds. The lowest BCUT2D eigenvalue weighted by atomic mass is 10.0. The van der Waals surface area contributed by atoms with Gasteiger partial charge in [0.25, 0.3) is 5.91 Å². The highest BCUT2D eigenvalue weighted by Crippen LogP contribution is 2.42. The normalized spacial score (nSPS) is 15.6. The van der Waals surface area contributed by atoms with Crippen molar-refractivity contribution in [3.05, 3.63) is 66.4 Å². The van der Waals surface area contributed by atoms with E-state index in [4.69, 9.17) is 14.9 Å². The Morgan fingerprint density at radius 1 is 1.15 bits per heavy atom. The van der Waals surface area contributed by atoms with E-state index in [2.05, 4.69) is 4.98 Å². The number of hydrogen-bond acceptors (Lipinski definition) is 6. The number of methoxy groups -OCH3 is 1. The molecule has 0 aliphatic carbocycles. The summed E-state index contributed by atoms with van der Waals surface area (Å²) in [6.07, 6.45) is 2.97. The highest BCUT2D eigenvalue weighted by Gasteiger charge is 2.33. The molecule has 5 rings (SSSR count). The number of fused-ring (bicyclic) bond motifs is 1. The molecule has 0 saturated carbocycles. The van der Waals surface area contributed by atoms with Crippen LogP contribution in [0.5, 0.6) is 5.75 Å². The maximum Gasteiger partial charge on any atom is 0.326 e. The van der Waals surface area contributed by atoms with E-state index in [0.717, 1.165) is 17.5 Å². The smallest absolute Gasteiger partial charge is 0.326 e. The van der Waals surface area contributed by atoms with Crippen LogP contribution in [0.4, 0.5) is 5.69 Å². The molecule has 3 N–H and O–H groups in total. The third-order valence-corrected chi connectivity index (χ3v) is 6.19. The average molecular weight is 457 g/mol. The minimum absolute atomic E-state index is 0.184. The van der Waals surface area contributed by atoms with Crippen molar-refractivity contribution in [2.45, 2.75) is 18.9 Å². The van der Waals surface area contributed by atoms with Gasteiger partial charge in [0.2, 0.25) is 0 Å². The Morgan fingerprint density at radius 3 is 2.65 bits per heavy atom. The zero-order valence-electron chi connectivity index (χ0n) is 18.5. The fourth-order valence-electron chi connectivity index (χ4n) is 4.59. The molecule has 1 aliphatic heterocycles. The molecule has 0 spiro atoms. The number of furan rings is 1. The lowest BCUT2D eigenvalue weighted by Gasteiger charge is -2.26. The van der Waals surface area contributed by atoms with Gasteiger partial charge in [-0.25, -0.2) is 4.79 Å². The summed E-state index contributed by atoms with van der Waals surface area (Å²) in [6.45, 7) is 0.552. The summed E-state index contributed by atoms with van der Waals surface area (Å²) in [5.74, 6) is -0.817. The topological polar surface area (TPSA) is 119 Å². The number of hydrogen-bond donors (Lipinski definition) is 2. The second kappa shape index (κ2) is 8.55. The van der Waals surface area contributed by atoms with E-state index >= 15 is 0 Å². The van der Waals surface area contributed by atoms with E-state index in [1.54, 1.807) is 24.4 Å². The summed E-state index contributed by atoms with van der Waals surface area (Å²) in [5, 5.41) is 9.77. The summed E-state index contributed by atoms with van der Waals surface area (Å²) >= 11 is 0. The van der Waals surface area contributed by atoms with Crippen molar-refractivity contribution in [2.24, 2.45) is 5.73 Å². The van der Waals surface area contributed by atoms with Gasteiger partial charge in [-0.1, -0.05) is 30.3 Å². The fraction of sp³-hybridized carbons (Fsp3) is 0.192. The second-order valence-electron chi connectivity index (χ2n) is 8.17. The van der Waals surface area contributed by atoms with Crippen LogP contribution >= 0.6 is 0 Å². The van der Waals surface area contributed by atoms with Crippen LogP contribution in [0.2, 0.25) is 0 Å². The largest absolute Gasteiger partial charge is 0.496 e. The monoisotopic (exact) mass is 457 g/mol. The van der Waals surface area contributed by atoms with Crippen molar-refractivity contribution in [1.82, 2.24) is 4.98 Å². The third kappa shape index (κ3) is 3.63. The van der Waals surface area contributed by atoms with E-state index < -0.39 is 17.9 Å². The van der Waals surface area contributed by atoms with Crippen LogP contribution in [0.15, 0.2) is 65.2 Å². The lowest BCUT2D eigenvalue weighted by Crippen LogP contribution is -2.36. The number of rotatable bonds is 6. The Bertz CT molecular complexity index is 1400. The minimum Gasteiger partial charge on any atom is -0.496 e. The molecule has 1 aliphatic rings. The molecule has 0 radical (unpaired) electrons. The number of nitrogens with zero attached hydrogens (tertiary/aromatic N) is 2. The number of amides is 1. The van der Waals surface area contributed by atoms with Gasteiger partial charge in [-0.2, -0.15) is 0 Å². The molecular formula is C26H23N3O5. The molecule has 172 valence electrons. The van der Waals surface area contributed by atoms with Gasteiger partial charge < -0.3 is 24.9 Å². The number of benzene rings is 2. The number of ether oxygens (including phenoxy) is 1. The first-order valence-corrected chi connectivity index (χ1v) is 10.9. The molecule has 2 aromatic heterocycles.